The van der Waals surface area contributed by atoms with E-state index >= 15 is 0 Å². The van der Waals surface area contributed by atoms with Crippen LogP contribution in [0.15, 0.2) is 60.7 Å². The maximum Gasteiger partial charge on any atom is 0.246 e. The number of amides is 3. The maximum absolute atomic E-state index is 13.9. The van der Waals surface area contributed by atoms with E-state index in [1.807, 2.05) is 48.5 Å². The molecule has 9 heteroatoms. The first kappa shape index (κ1) is 25.9. The largest absolute Gasteiger partial charge is 0.396 e. The SMILES string of the molecule is O=C(NCc1ccccc1)C1N(CCCCCO)C(=O)[C@@H]2[C@H](C(=O)Nc3ccccc3)[C@H]3OC12CC3Br. The van der Waals surface area contributed by atoms with E-state index in [0.29, 0.717) is 38.0 Å². The number of alkyl halides is 1. The van der Waals surface area contributed by atoms with E-state index in [1.54, 1.807) is 17.0 Å². The van der Waals surface area contributed by atoms with E-state index in [2.05, 4.69) is 26.6 Å². The fourth-order valence-corrected chi connectivity index (χ4v) is 7.11. The molecule has 3 saturated heterocycles. The number of unbranched alkanes of at least 4 members (excludes halogenated alkanes) is 2. The molecule has 1 spiro atoms. The number of anilines is 1. The van der Waals surface area contributed by atoms with Gasteiger partial charge in [-0.15, -0.1) is 0 Å². The van der Waals surface area contributed by atoms with Crippen molar-refractivity contribution in [2.24, 2.45) is 11.8 Å². The summed E-state index contributed by atoms with van der Waals surface area (Å²) in [5, 5.41) is 15.1. The Bertz CT molecular complexity index is 1130. The van der Waals surface area contributed by atoms with Crippen LogP contribution in [0.2, 0.25) is 0 Å². The highest BCUT2D eigenvalue weighted by Crippen LogP contribution is 2.60. The van der Waals surface area contributed by atoms with Crippen molar-refractivity contribution in [2.75, 3.05) is 18.5 Å². The zero-order chi connectivity index (χ0) is 26.0. The summed E-state index contributed by atoms with van der Waals surface area (Å²) in [4.78, 5) is 42.6. The fourth-order valence-electron chi connectivity index (χ4n) is 6.17. The van der Waals surface area contributed by atoms with Crippen molar-refractivity contribution in [1.82, 2.24) is 10.2 Å². The molecule has 0 saturated carbocycles. The Morgan fingerprint density at radius 3 is 2.43 bits per heavy atom. The molecule has 5 rings (SSSR count). The molecule has 0 aromatic heterocycles. The topological polar surface area (TPSA) is 108 Å². The van der Waals surface area contributed by atoms with Crippen LogP contribution in [0.3, 0.4) is 0 Å². The van der Waals surface area contributed by atoms with Crippen LogP contribution in [-0.4, -0.2) is 63.5 Å². The van der Waals surface area contributed by atoms with Crippen molar-refractivity contribution in [1.29, 1.82) is 0 Å². The van der Waals surface area contributed by atoms with Gasteiger partial charge in [-0.05, 0) is 43.4 Å². The van der Waals surface area contributed by atoms with Gasteiger partial charge >= 0.3 is 0 Å². The second kappa shape index (κ2) is 10.9. The van der Waals surface area contributed by atoms with Crippen LogP contribution in [0, 0.1) is 11.8 Å². The van der Waals surface area contributed by atoms with Gasteiger partial charge < -0.3 is 25.4 Å². The molecule has 3 heterocycles. The number of ether oxygens (including phenoxy) is 1. The van der Waals surface area contributed by atoms with Crippen molar-refractivity contribution in [2.45, 2.75) is 54.8 Å². The lowest BCUT2D eigenvalue weighted by Crippen LogP contribution is -2.55. The third-order valence-electron chi connectivity index (χ3n) is 7.75. The number of hydrogen-bond donors (Lipinski definition) is 3. The highest BCUT2D eigenvalue weighted by atomic mass is 79.9. The predicted octanol–water partition coefficient (Wildman–Crippen LogP) is 2.85. The third-order valence-corrected chi connectivity index (χ3v) is 8.59. The summed E-state index contributed by atoms with van der Waals surface area (Å²) >= 11 is 3.69. The molecule has 3 N–H and O–H groups in total. The number of hydrogen-bond acceptors (Lipinski definition) is 5. The van der Waals surface area contributed by atoms with Gasteiger partial charge in [-0.1, -0.05) is 64.5 Å². The molecule has 0 aliphatic carbocycles. The molecule has 3 aliphatic rings. The molecular weight excluding hydrogens is 538 g/mol. The summed E-state index contributed by atoms with van der Waals surface area (Å²) in [6.07, 6.45) is 1.99. The molecular formula is C28H32BrN3O5. The number of rotatable bonds is 10. The van der Waals surface area contributed by atoms with Gasteiger partial charge in [-0.3, -0.25) is 14.4 Å². The predicted molar refractivity (Wildman–Crippen MR) is 142 cm³/mol. The number of aliphatic hydroxyl groups excluding tert-OH is 1. The van der Waals surface area contributed by atoms with Crippen molar-refractivity contribution < 1.29 is 24.2 Å². The first-order chi connectivity index (χ1) is 18.0. The first-order valence-electron chi connectivity index (χ1n) is 12.9. The van der Waals surface area contributed by atoms with E-state index in [9.17, 15) is 19.5 Å². The Labute approximate surface area is 224 Å². The van der Waals surface area contributed by atoms with E-state index in [-0.39, 0.29) is 29.2 Å². The van der Waals surface area contributed by atoms with E-state index in [0.717, 1.165) is 12.0 Å². The Kier molecular flexibility index (Phi) is 7.65. The zero-order valence-corrected chi connectivity index (χ0v) is 22.1. The summed E-state index contributed by atoms with van der Waals surface area (Å²) in [6.45, 7) is 0.788. The minimum absolute atomic E-state index is 0.0826. The van der Waals surface area contributed by atoms with Gasteiger partial charge in [-0.2, -0.15) is 0 Å². The van der Waals surface area contributed by atoms with Crippen molar-refractivity contribution in [3.05, 3.63) is 66.2 Å². The standard InChI is InChI=1S/C28H32BrN3O5/c29-20-16-28-22(21(23(20)37-28)25(34)31-19-12-6-2-7-13-19)27(36)32(14-8-3-9-15-33)24(28)26(35)30-17-18-10-4-1-5-11-18/h1-2,4-7,10-13,20-24,33H,3,8-9,14-17H2,(H,30,35)(H,31,34)/t20?,21-,22-,23-,24?,28?/m0/s1. The van der Waals surface area contributed by atoms with Crippen molar-refractivity contribution in [3.8, 4) is 0 Å². The van der Waals surface area contributed by atoms with Gasteiger partial charge in [-0.25, -0.2) is 0 Å². The molecule has 0 radical (unpaired) electrons. The molecule has 3 aliphatic heterocycles. The number of carbonyl (C=O) groups excluding carboxylic acids is 3. The molecule has 196 valence electrons. The molecule has 2 aromatic rings. The molecule has 3 unspecified atom stereocenters. The summed E-state index contributed by atoms with van der Waals surface area (Å²) in [6, 6.07) is 17.9. The summed E-state index contributed by atoms with van der Waals surface area (Å²) in [7, 11) is 0. The van der Waals surface area contributed by atoms with Crippen LogP contribution in [0.5, 0.6) is 0 Å². The minimum atomic E-state index is -1.08. The van der Waals surface area contributed by atoms with Gasteiger partial charge in [0.25, 0.3) is 0 Å². The highest BCUT2D eigenvalue weighted by Gasteiger charge is 2.76. The molecule has 37 heavy (non-hydrogen) atoms. The van der Waals surface area contributed by atoms with Gasteiger partial charge in [0.2, 0.25) is 17.7 Å². The number of benzene rings is 2. The van der Waals surface area contributed by atoms with Gasteiger partial charge in [0, 0.05) is 30.2 Å². The zero-order valence-electron chi connectivity index (χ0n) is 20.5. The Morgan fingerprint density at radius 1 is 1.03 bits per heavy atom. The lowest BCUT2D eigenvalue weighted by molar-refractivity contribution is -0.141. The van der Waals surface area contributed by atoms with E-state index < -0.39 is 29.6 Å². The molecule has 8 nitrogen and oxygen atoms in total. The number of nitrogens with zero attached hydrogens (tertiary/aromatic N) is 1. The lowest BCUT2D eigenvalue weighted by atomic mass is 9.70. The monoisotopic (exact) mass is 569 g/mol. The molecule has 3 amide bonds. The number of para-hydroxylation sites is 1. The lowest BCUT2D eigenvalue weighted by Gasteiger charge is -2.34. The average molecular weight is 570 g/mol. The van der Waals surface area contributed by atoms with Crippen LogP contribution < -0.4 is 10.6 Å². The van der Waals surface area contributed by atoms with Crippen LogP contribution in [-0.2, 0) is 25.7 Å². The van der Waals surface area contributed by atoms with Crippen LogP contribution in [0.25, 0.3) is 0 Å². The molecule has 2 bridgehead atoms. The fraction of sp³-hybridized carbons (Fsp3) is 0.464. The maximum atomic E-state index is 13.9. The Hall–Kier alpha value is -2.75. The molecule has 2 aromatic carbocycles. The number of aliphatic hydroxyl groups is 1. The number of halogens is 1. The Morgan fingerprint density at radius 2 is 1.73 bits per heavy atom. The summed E-state index contributed by atoms with van der Waals surface area (Å²) in [5.41, 5.74) is 0.532. The quantitative estimate of drug-likeness (QED) is 0.301. The smallest absolute Gasteiger partial charge is 0.246 e. The van der Waals surface area contributed by atoms with E-state index in [4.69, 9.17) is 4.74 Å². The Balaban J connectivity index is 1.42. The van der Waals surface area contributed by atoms with Gasteiger partial charge in [0.1, 0.15) is 11.6 Å². The minimum Gasteiger partial charge on any atom is -0.396 e. The second-order valence-corrected chi connectivity index (χ2v) is 11.2. The number of fused-ring (bicyclic) bond motifs is 1. The third kappa shape index (κ3) is 4.80. The normalized spacial score (nSPS) is 29.8. The van der Waals surface area contributed by atoms with Crippen molar-refractivity contribution in [3.63, 3.8) is 0 Å². The highest BCUT2D eigenvalue weighted by molar-refractivity contribution is 9.09. The molecule has 6 atom stereocenters. The number of likely N-dealkylation sites (tertiary alicyclic amines) is 1. The number of carbonyl (C=O) groups is 3. The van der Waals surface area contributed by atoms with Gasteiger partial charge in [0.05, 0.1) is 17.9 Å². The molecule has 3 fully saturated rings. The second-order valence-electron chi connectivity index (χ2n) is 10.0. The van der Waals surface area contributed by atoms with Crippen molar-refractivity contribution >= 4 is 39.3 Å². The first-order valence-corrected chi connectivity index (χ1v) is 13.8. The summed E-state index contributed by atoms with van der Waals surface area (Å²) < 4.78 is 6.51. The van der Waals surface area contributed by atoms with Crippen LogP contribution in [0.1, 0.15) is 31.2 Å². The van der Waals surface area contributed by atoms with Crippen LogP contribution >= 0.6 is 15.9 Å². The summed E-state index contributed by atoms with van der Waals surface area (Å²) in [5.74, 6) is -2.20. The van der Waals surface area contributed by atoms with E-state index in [1.165, 1.54) is 0 Å². The van der Waals surface area contributed by atoms with Crippen LogP contribution in [0.4, 0.5) is 5.69 Å². The number of nitrogens with one attached hydrogen (secondary N) is 2. The average Bonchev–Trinajstić information content (AvgIpc) is 3.50. The van der Waals surface area contributed by atoms with Gasteiger partial charge in [0.15, 0.2) is 0 Å².